The molecule has 21 heavy (non-hydrogen) atoms. The van der Waals surface area contributed by atoms with Gasteiger partial charge < -0.3 is 5.32 Å². The molecule has 1 aromatic rings. The minimum absolute atomic E-state index is 0.255. The standard InChI is InChI=1S/C18H27ClN2/c1-12(21(4)15-7-8-15)11-20-17-16-9-14(19)6-5-13(16)10-18(17,2)3/h5-6,9,12,15,17,20H,7-8,10-11H2,1-4H3. The lowest BCUT2D eigenvalue weighted by molar-refractivity contribution is 0.208. The van der Waals surface area contributed by atoms with Crippen LogP contribution in [0.25, 0.3) is 0 Å². The molecule has 2 aliphatic carbocycles. The van der Waals surface area contributed by atoms with Crippen LogP contribution in [0.3, 0.4) is 0 Å². The first-order valence-corrected chi connectivity index (χ1v) is 8.50. The summed E-state index contributed by atoms with van der Waals surface area (Å²) in [6, 6.07) is 8.17. The molecule has 2 atom stereocenters. The minimum Gasteiger partial charge on any atom is -0.308 e. The molecule has 2 nitrogen and oxygen atoms in total. The van der Waals surface area contributed by atoms with E-state index in [-0.39, 0.29) is 5.41 Å². The predicted octanol–water partition coefficient (Wildman–Crippen LogP) is 4.04. The molecule has 3 rings (SSSR count). The molecule has 0 radical (unpaired) electrons. The molecule has 116 valence electrons. The van der Waals surface area contributed by atoms with Crippen molar-refractivity contribution in [3.05, 3.63) is 34.3 Å². The summed E-state index contributed by atoms with van der Waals surface area (Å²) in [5.74, 6) is 0. The summed E-state index contributed by atoms with van der Waals surface area (Å²) in [5.41, 5.74) is 3.10. The van der Waals surface area contributed by atoms with Crippen molar-refractivity contribution >= 4 is 11.6 Å². The smallest absolute Gasteiger partial charge is 0.0409 e. The van der Waals surface area contributed by atoms with Crippen LogP contribution in [0, 0.1) is 5.41 Å². The summed E-state index contributed by atoms with van der Waals surface area (Å²) in [4.78, 5) is 2.52. The van der Waals surface area contributed by atoms with Gasteiger partial charge in [0.2, 0.25) is 0 Å². The zero-order valence-electron chi connectivity index (χ0n) is 13.6. The molecule has 2 aliphatic rings. The molecule has 0 heterocycles. The number of likely N-dealkylation sites (N-methyl/N-ethyl adjacent to an activating group) is 1. The third-order valence-corrected chi connectivity index (χ3v) is 5.52. The second-order valence-electron chi connectivity index (χ2n) is 7.60. The number of fused-ring (bicyclic) bond motifs is 1. The van der Waals surface area contributed by atoms with Gasteiger partial charge in [-0.25, -0.2) is 0 Å². The van der Waals surface area contributed by atoms with E-state index in [2.05, 4.69) is 50.2 Å². The van der Waals surface area contributed by atoms with Gasteiger partial charge in [-0.15, -0.1) is 0 Å². The molecule has 0 aromatic heterocycles. The van der Waals surface area contributed by atoms with Crippen molar-refractivity contribution in [3.63, 3.8) is 0 Å². The fourth-order valence-electron chi connectivity index (χ4n) is 3.67. The zero-order chi connectivity index (χ0) is 15.2. The van der Waals surface area contributed by atoms with Crippen LogP contribution >= 0.6 is 11.6 Å². The number of hydrogen-bond acceptors (Lipinski definition) is 2. The molecule has 0 bridgehead atoms. The van der Waals surface area contributed by atoms with Crippen molar-refractivity contribution in [1.29, 1.82) is 0 Å². The largest absolute Gasteiger partial charge is 0.308 e. The lowest BCUT2D eigenvalue weighted by atomic mass is 9.85. The van der Waals surface area contributed by atoms with Gasteiger partial charge in [-0.3, -0.25) is 4.90 Å². The highest BCUT2D eigenvalue weighted by Crippen LogP contribution is 2.45. The Morgan fingerprint density at radius 3 is 2.76 bits per heavy atom. The number of nitrogens with zero attached hydrogens (tertiary/aromatic N) is 1. The van der Waals surface area contributed by atoms with Crippen molar-refractivity contribution in [2.75, 3.05) is 13.6 Å². The van der Waals surface area contributed by atoms with E-state index in [0.29, 0.717) is 12.1 Å². The SMILES string of the molecule is CC(CNC1c2cc(Cl)ccc2CC1(C)C)N(C)C1CC1. The molecule has 0 aliphatic heterocycles. The fraction of sp³-hybridized carbons (Fsp3) is 0.667. The Morgan fingerprint density at radius 2 is 2.10 bits per heavy atom. The van der Waals surface area contributed by atoms with Crippen LogP contribution in [0.5, 0.6) is 0 Å². The summed E-state index contributed by atoms with van der Waals surface area (Å²) in [7, 11) is 2.26. The number of benzene rings is 1. The Hall–Kier alpha value is -0.570. The second kappa shape index (κ2) is 5.57. The molecule has 2 unspecified atom stereocenters. The highest BCUT2D eigenvalue weighted by molar-refractivity contribution is 6.30. The Labute approximate surface area is 133 Å². The van der Waals surface area contributed by atoms with Gasteiger partial charge >= 0.3 is 0 Å². The van der Waals surface area contributed by atoms with Crippen LogP contribution < -0.4 is 5.32 Å². The first-order valence-electron chi connectivity index (χ1n) is 8.12. The summed E-state index contributed by atoms with van der Waals surface area (Å²) in [6.07, 6.45) is 3.87. The topological polar surface area (TPSA) is 15.3 Å². The summed E-state index contributed by atoms with van der Waals surface area (Å²) >= 11 is 6.21. The quantitative estimate of drug-likeness (QED) is 0.883. The Kier molecular flexibility index (Phi) is 4.06. The Balaban J connectivity index is 1.70. The van der Waals surface area contributed by atoms with E-state index in [1.165, 1.54) is 24.0 Å². The van der Waals surface area contributed by atoms with Crippen LogP contribution in [-0.4, -0.2) is 30.6 Å². The van der Waals surface area contributed by atoms with Crippen LogP contribution in [0.4, 0.5) is 0 Å². The van der Waals surface area contributed by atoms with Gasteiger partial charge in [-0.2, -0.15) is 0 Å². The zero-order valence-corrected chi connectivity index (χ0v) is 14.4. The molecular formula is C18H27ClN2. The number of nitrogens with one attached hydrogen (secondary N) is 1. The third-order valence-electron chi connectivity index (χ3n) is 5.28. The maximum atomic E-state index is 6.21. The lowest BCUT2D eigenvalue weighted by Crippen LogP contribution is -2.42. The first-order chi connectivity index (χ1) is 9.88. The van der Waals surface area contributed by atoms with E-state index in [1.54, 1.807) is 0 Å². The van der Waals surface area contributed by atoms with Crippen molar-refractivity contribution in [1.82, 2.24) is 10.2 Å². The van der Waals surface area contributed by atoms with Crippen LogP contribution in [0.2, 0.25) is 5.02 Å². The Morgan fingerprint density at radius 1 is 1.38 bits per heavy atom. The molecule has 1 fully saturated rings. The molecular weight excluding hydrogens is 280 g/mol. The number of hydrogen-bond donors (Lipinski definition) is 1. The van der Waals surface area contributed by atoms with E-state index in [4.69, 9.17) is 11.6 Å². The molecule has 0 saturated heterocycles. The van der Waals surface area contributed by atoms with Crippen molar-refractivity contribution in [2.24, 2.45) is 5.41 Å². The van der Waals surface area contributed by atoms with Gasteiger partial charge in [-0.1, -0.05) is 31.5 Å². The lowest BCUT2D eigenvalue weighted by Gasteiger charge is -2.32. The second-order valence-corrected chi connectivity index (χ2v) is 8.03. The molecule has 1 saturated carbocycles. The van der Waals surface area contributed by atoms with Gasteiger partial charge in [-0.05, 0) is 61.9 Å². The maximum Gasteiger partial charge on any atom is 0.0409 e. The molecule has 0 spiro atoms. The van der Waals surface area contributed by atoms with E-state index in [9.17, 15) is 0 Å². The monoisotopic (exact) mass is 306 g/mol. The number of rotatable bonds is 5. The van der Waals surface area contributed by atoms with Crippen LogP contribution in [-0.2, 0) is 6.42 Å². The van der Waals surface area contributed by atoms with Crippen molar-refractivity contribution < 1.29 is 0 Å². The van der Waals surface area contributed by atoms with Gasteiger partial charge in [0.15, 0.2) is 0 Å². The molecule has 1 N–H and O–H groups in total. The third kappa shape index (κ3) is 3.13. The number of halogens is 1. The molecule has 3 heteroatoms. The average Bonchev–Trinajstić information content (AvgIpc) is 3.21. The normalized spacial score (nSPS) is 25.1. The highest BCUT2D eigenvalue weighted by atomic mass is 35.5. The summed E-state index contributed by atoms with van der Waals surface area (Å²) in [5, 5.41) is 4.67. The molecule has 0 amide bonds. The van der Waals surface area contributed by atoms with Gasteiger partial charge in [0.1, 0.15) is 0 Å². The highest BCUT2D eigenvalue weighted by Gasteiger charge is 2.39. The maximum absolute atomic E-state index is 6.21. The van der Waals surface area contributed by atoms with E-state index >= 15 is 0 Å². The van der Waals surface area contributed by atoms with Gasteiger partial charge in [0.05, 0.1) is 0 Å². The molecule has 1 aromatic carbocycles. The van der Waals surface area contributed by atoms with Crippen LogP contribution in [0.1, 0.15) is 50.8 Å². The summed E-state index contributed by atoms with van der Waals surface area (Å²) in [6.45, 7) is 8.07. The minimum atomic E-state index is 0.255. The van der Waals surface area contributed by atoms with E-state index < -0.39 is 0 Å². The Bertz CT molecular complexity index is 522. The van der Waals surface area contributed by atoms with Gasteiger partial charge in [0, 0.05) is 29.7 Å². The predicted molar refractivity (Wildman–Crippen MR) is 89.9 cm³/mol. The fourth-order valence-corrected chi connectivity index (χ4v) is 3.85. The van der Waals surface area contributed by atoms with E-state index in [0.717, 1.165) is 24.0 Å². The van der Waals surface area contributed by atoms with Crippen molar-refractivity contribution in [3.8, 4) is 0 Å². The van der Waals surface area contributed by atoms with Gasteiger partial charge in [0.25, 0.3) is 0 Å². The van der Waals surface area contributed by atoms with E-state index in [1.807, 2.05) is 6.07 Å². The average molecular weight is 307 g/mol. The van der Waals surface area contributed by atoms with Crippen molar-refractivity contribution in [2.45, 2.75) is 58.2 Å². The summed E-state index contributed by atoms with van der Waals surface area (Å²) < 4.78 is 0. The van der Waals surface area contributed by atoms with Crippen LogP contribution in [0.15, 0.2) is 18.2 Å². The first kappa shape index (κ1) is 15.3.